The molecule has 0 aromatic heterocycles. The van der Waals surface area contributed by atoms with E-state index in [-0.39, 0.29) is 11.9 Å². The Kier molecular flexibility index (Phi) is 7.54. The zero-order valence-corrected chi connectivity index (χ0v) is 15.0. The summed E-state index contributed by atoms with van der Waals surface area (Å²) in [5, 5.41) is 3.47. The molecule has 5 nitrogen and oxygen atoms in total. The van der Waals surface area contributed by atoms with Crippen LogP contribution in [0, 0.1) is 0 Å². The van der Waals surface area contributed by atoms with Gasteiger partial charge < -0.3 is 14.8 Å². The van der Waals surface area contributed by atoms with Gasteiger partial charge in [0.15, 0.2) is 0 Å². The number of ether oxygens (including phenoxy) is 2. The van der Waals surface area contributed by atoms with Crippen molar-refractivity contribution in [3.63, 3.8) is 0 Å². The highest BCUT2D eigenvalue weighted by Crippen LogP contribution is 2.29. The van der Waals surface area contributed by atoms with Gasteiger partial charge in [0, 0.05) is 29.6 Å². The molecule has 1 aromatic carbocycles. The molecule has 2 rings (SSSR count). The summed E-state index contributed by atoms with van der Waals surface area (Å²) in [6.07, 6.45) is 8.09. The third kappa shape index (κ3) is 6.63. The van der Waals surface area contributed by atoms with Crippen LogP contribution in [0.3, 0.4) is 0 Å². The maximum absolute atomic E-state index is 11.8. The predicted octanol–water partition coefficient (Wildman–Crippen LogP) is 3.52. The number of carbonyl (C=O) groups is 2. The van der Waals surface area contributed by atoms with E-state index in [9.17, 15) is 9.59 Å². The van der Waals surface area contributed by atoms with Gasteiger partial charge in [-0.2, -0.15) is 0 Å². The van der Waals surface area contributed by atoms with E-state index in [2.05, 4.69) is 10.1 Å². The van der Waals surface area contributed by atoms with Crippen molar-refractivity contribution in [1.82, 2.24) is 5.32 Å². The van der Waals surface area contributed by atoms with Gasteiger partial charge in [0.05, 0.1) is 7.11 Å². The first-order valence-corrected chi connectivity index (χ1v) is 8.62. The van der Waals surface area contributed by atoms with Gasteiger partial charge in [-0.05, 0) is 42.7 Å². The molecule has 6 heteroatoms. The van der Waals surface area contributed by atoms with Gasteiger partial charge in [0.2, 0.25) is 5.91 Å². The molecule has 0 saturated heterocycles. The van der Waals surface area contributed by atoms with Gasteiger partial charge in [-0.3, -0.25) is 9.59 Å². The van der Waals surface area contributed by atoms with Gasteiger partial charge >= 0.3 is 5.97 Å². The Morgan fingerprint density at radius 3 is 2.96 bits per heavy atom. The second-order valence-corrected chi connectivity index (χ2v) is 6.14. The van der Waals surface area contributed by atoms with Crippen molar-refractivity contribution in [1.29, 1.82) is 0 Å². The van der Waals surface area contributed by atoms with Crippen LogP contribution in [0.15, 0.2) is 35.9 Å². The highest BCUT2D eigenvalue weighted by molar-refractivity contribution is 6.30. The summed E-state index contributed by atoms with van der Waals surface area (Å²) >= 11 is 5.98. The quantitative estimate of drug-likeness (QED) is 0.436. The Balaban J connectivity index is 1.71. The van der Waals surface area contributed by atoms with Gasteiger partial charge in [0.1, 0.15) is 12.4 Å². The molecule has 1 N–H and O–H groups in total. The number of carbonyl (C=O) groups excluding carboxylic acids is 2. The Morgan fingerprint density at radius 1 is 1.32 bits per heavy atom. The van der Waals surface area contributed by atoms with E-state index in [1.54, 1.807) is 12.1 Å². The Bertz CT molecular complexity index is 682. The number of esters is 1. The van der Waals surface area contributed by atoms with Crippen LogP contribution in [-0.2, 0) is 14.3 Å². The minimum absolute atomic E-state index is 0.147. The molecule has 0 saturated carbocycles. The largest absolute Gasteiger partial charge is 0.488 e. The van der Waals surface area contributed by atoms with Crippen molar-refractivity contribution < 1.29 is 19.1 Å². The maximum atomic E-state index is 11.8. The summed E-state index contributed by atoms with van der Waals surface area (Å²) in [4.78, 5) is 22.8. The van der Waals surface area contributed by atoms with E-state index in [4.69, 9.17) is 16.3 Å². The first-order valence-electron chi connectivity index (χ1n) is 8.24. The van der Waals surface area contributed by atoms with Crippen molar-refractivity contribution in [2.45, 2.75) is 25.7 Å². The summed E-state index contributed by atoms with van der Waals surface area (Å²) in [5.41, 5.74) is 1.81. The number of hydrogen-bond donors (Lipinski definition) is 1. The zero-order chi connectivity index (χ0) is 18.1. The first-order chi connectivity index (χ1) is 12.1. The molecule has 0 atom stereocenters. The third-order valence-corrected chi connectivity index (χ3v) is 3.98. The number of halogens is 1. The first kappa shape index (κ1) is 19.1. The molecule has 0 aliphatic carbocycles. The van der Waals surface area contributed by atoms with Crippen molar-refractivity contribution >= 4 is 29.6 Å². The molecule has 134 valence electrons. The smallest absolute Gasteiger partial charge is 0.305 e. The molecular formula is C19H22ClNO4. The number of rotatable bonds is 8. The van der Waals surface area contributed by atoms with E-state index in [0.717, 1.165) is 36.1 Å². The monoisotopic (exact) mass is 363 g/mol. The van der Waals surface area contributed by atoms with Gasteiger partial charge in [-0.15, -0.1) is 0 Å². The second kappa shape index (κ2) is 9.89. The number of methoxy groups -OCH3 is 1. The SMILES string of the molecule is COC(=O)CCCCCNC(=O)/C=C/C1=Cc2cc(Cl)ccc2OC1. The fourth-order valence-corrected chi connectivity index (χ4v) is 2.57. The zero-order valence-electron chi connectivity index (χ0n) is 14.2. The van der Waals surface area contributed by atoms with Crippen molar-refractivity contribution in [2.75, 3.05) is 20.3 Å². The minimum atomic E-state index is -0.196. The molecule has 0 unspecified atom stereocenters. The lowest BCUT2D eigenvalue weighted by Gasteiger charge is -2.16. The van der Waals surface area contributed by atoms with Crippen LogP contribution in [0.4, 0.5) is 0 Å². The van der Waals surface area contributed by atoms with E-state index >= 15 is 0 Å². The van der Waals surface area contributed by atoms with Crippen LogP contribution < -0.4 is 10.1 Å². The molecule has 0 radical (unpaired) electrons. The summed E-state index contributed by atoms with van der Waals surface area (Å²) in [6.45, 7) is 1.00. The highest BCUT2D eigenvalue weighted by Gasteiger charge is 2.10. The third-order valence-electron chi connectivity index (χ3n) is 3.74. The number of fused-ring (bicyclic) bond motifs is 1. The lowest BCUT2D eigenvalue weighted by molar-refractivity contribution is -0.140. The van der Waals surface area contributed by atoms with Crippen LogP contribution in [0.25, 0.3) is 6.08 Å². The van der Waals surface area contributed by atoms with Gasteiger partial charge in [-0.1, -0.05) is 24.1 Å². The Hall–Kier alpha value is -2.27. The molecule has 0 spiro atoms. The summed E-state index contributed by atoms with van der Waals surface area (Å²) in [6, 6.07) is 5.45. The topological polar surface area (TPSA) is 64.6 Å². The van der Waals surface area contributed by atoms with Crippen LogP contribution >= 0.6 is 11.6 Å². The molecule has 1 aromatic rings. The summed E-state index contributed by atoms with van der Waals surface area (Å²) in [5.74, 6) is 0.446. The molecule has 1 aliphatic heterocycles. The second-order valence-electron chi connectivity index (χ2n) is 5.70. The number of unbranched alkanes of at least 4 members (excludes halogenated alkanes) is 2. The number of amides is 1. The lowest BCUT2D eigenvalue weighted by atomic mass is 10.1. The molecule has 1 heterocycles. The van der Waals surface area contributed by atoms with Gasteiger partial charge in [-0.25, -0.2) is 0 Å². The van der Waals surface area contributed by atoms with Crippen LogP contribution in [0.1, 0.15) is 31.2 Å². The number of hydrogen-bond acceptors (Lipinski definition) is 4. The molecule has 1 amide bonds. The lowest BCUT2D eigenvalue weighted by Crippen LogP contribution is -2.22. The van der Waals surface area contributed by atoms with Crippen molar-refractivity contribution in [3.05, 3.63) is 46.5 Å². The Morgan fingerprint density at radius 2 is 2.16 bits per heavy atom. The highest BCUT2D eigenvalue weighted by atomic mass is 35.5. The van der Waals surface area contributed by atoms with Crippen molar-refractivity contribution in [2.24, 2.45) is 0 Å². The maximum Gasteiger partial charge on any atom is 0.305 e. The fraction of sp³-hybridized carbons (Fsp3) is 0.368. The molecule has 1 aliphatic rings. The van der Waals surface area contributed by atoms with Crippen LogP contribution in [0.2, 0.25) is 5.02 Å². The molecule has 0 bridgehead atoms. The van der Waals surface area contributed by atoms with E-state index in [1.807, 2.05) is 18.2 Å². The summed E-state index contributed by atoms with van der Waals surface area (Å²) < 4.78 is 10.2. The van der Waals surface area contributed by atoms with E-state index in [1.165, 1.54) is 13.2 Å². The molecule has 0 fully saturated rings. The van der Waals surface area contributed by atoms with E-state index in [0.29, 0.717) is 24.6 Å². The normalized spacial score (nSPS) is 13.0. The minimum Gasteiger partial charge on any atom is -0.488 e. The fourth-order valence-electron chi connectivity index (χ4n) is 2.39. The Labute approximate surface area is 152 Å². The summed E-state index contributed by atoms with van der Waals surface area (Å²) in [7, 11) is 1.38. The predicted molar refractivity (Wildman–Crippen MR) is 97.6 cm³/mol. The van der Waals surface area contributed by atoms with Crippen LogP contribution in [-0.4, -0.2) is 32.1 Å². The molecule has 25 heavy (non-hydrogen) atoms. The number of nitrogens with one attached hydrogen (secondary N) is 1. The molecular weight excluding hydrogens is 342 g/mol. The van der Waals surface area contributed by atoms with Gasteiger partial charge in [0.25, 0.3) is 0 Å². The average molecular weight is 364 g/mol. The van der Waals surface area contributed by atoms with E-state index < -0.39 is 0 Å². The van der Waals surface area contributed by atoms with Crippen molar-refractivity contribution in [3.8, 4) is 5.75 Å². The average Bonchev–Trinajstić information content (AvgIpc) is 2.62. The standard InChI is InChI=1S/C19H22ClNO4/c1-24-19(23)5-3-2-4-10-21-18(22)9-6-14-11-15-12-16(20)7-8-17(15)25-13-14/h6-9,11-12H,2-5,10,13H2,1H3,(H,21,22)/b9-6+. The van der Waals surface area contributed by atoms with Crippen LogP contribution in [0.5, 0.6) is 5.75 Å². The number of benzene rings is 1.